The van der Waals surface area contributed by atoms with Crippen LogP contribution < -0.4 is 15.5 Å². The number of hydrogen-bond donors (Lipinski definition) is 2. The maximum Gasteiger partial charge on any atom is 0.244 e. The number of pyridine rings is 1. The lowest BCUT2D eigenvalue weighted by Crippen LogP contribution is -2.21. The summed E-state index contributed by atoms with van der Waals surface area (Å²) < 4.78 is 26.8. The third-order valence-corrected chi connectivity index (χ3v) is 5.26. The lowest BCUT2D eigenvalue weighted by atomic mass is 10.1. The highest BCUT2D eigenvalue weighted by Crippen LogP contribution is 2.20. The molecule has 1 amide bonds. The van der Waals surface area contributed by atoms with Crippen molar-refractivity contribution in [1.82, 2.24) is 4.57 Å². The monoisotopic (exact) mass is 421 g/mol. The van der Waals surface area contributed by atoms with Crippen molar-refractivity contribution in [1.29, 1.82) is 0 Å². The zero-order chi connectivity index (χ0) is 21.3. The number of nitrogens with zero attached hydrogens (tertiary/aromatic N) is 1. The molecule has 4 rings (SSSR count). The smallest absolute Gasteiger partial charge is 0.244 e. The number of para-hydroxylation sites is 2. The fraction of sp³-hybridized carbons (Fsp3) is 0.0909. The Bertz CT molecular complexity index is 1360. The van der Waals surface area contributed by atoms with E-state index in [-0.39, 0.29) is 17.9 Å². The first-order chi connectivity index (χ1) is 14.3. The van der Waals surface area contributed by atoms with Gasteiger partial charge in [-0.1, -0.05) is 24.3 Å². The van der Waals surface area contributed by atoms with E-state index in [2.05, 4.69) is 10.0 Å². The summed E-state index contributed by atoms with van der Waals surface area (Å²) in [6, 6.07) is 20.8. The van der Waals surface area contributed by atoms with Gasteiger partial charge in [-0.3, -0.25) is 14.3 Å². The highest BCUT2D eigenvalue weighted by molar-refractivity contribution is 7.92. The summed E-state index contributed by atoms with van der Waals surface area (Å²) in [5.74, 6) is -0.266. The lowest BCUT2D eigenvalue weighted by Gasteiger charge is -2.15. The molecule has 0 aliphatic rings. The summed E-state index contributed by atoms with van der Waals surface area (Å²) in [6.07, 6.45) is 1.07. The molecule has 0 aliphatic heterocycles. The first-order valence-corrected chi connectivity index (χ1v) is 11.1. The van der Waals surface area contributed by atoms with Crippen LogP contribution in [0.1, 0.15) is 0 Å². The van der Waals surface area contributed by atoms with Crippen molar-refractivity contribution in [2.75, 3.05) is 16.3 Å². The Morgan fingerprint density at radius 1 is 0.833 bits per heavy atom. The van der Waals surface area contributed by atoms with Gasteiger partial charge < -0.3 is 9.88 Å². The van der Waals surface area contributed by atoms with E-state index in [9.17, 15) is 18.0 Å². The fourth-order valence-electron chi connectivity index (χ4n) is 3.43. The van der Waals surface area contributed by atoms with Gasteiger partial charge in [-0.05, 0) is 48.5 Å². The zero-order valence-electron chi connectivity index (χ0n) is 16.1. The number of anilines is 2. The van der Waals surface area contributed by atoms with Crippen molar-refractivity contribution in [3.8, 4) is 0 Å². The van der Waals surface area contributed by atoms with E-state index >= 15 is 0 Å². The largest absolute Gasteiger partial charge is 0.331 e. The third kappa shape index (κ3) is 4.04. The van der Waals surface area contributed by atoms with E-state index in [4.69, 9.17) is 0 Å². The molecule has 4 aromatic rings. The normalized spacial score (nSPS) is 11.5. The molecule has 0 atom stereocenters. The molecule has 1 heterocycles. The number of sulfonamides is 1. The topological polar surface area (TPSA) is 97.3 Å². The summed E-state index contributed by atoms with van der Waals surface area (Å²) in [5.41, 5.74) is 2.25. The molecule has 0 unspecified atom stereocenters. The maximum absolute atomic E-state index is 12.8. The van der Waals surface area contributed by atoms with Crippen LogP contribution in [0.5, 0.6) is 0 Å². The number of rotatable bonds is 5. The second kappa shape index (κ2) is 7.64. The summed E-state index contributed by atoms with van der Waals surface area (Å²) in [4.78, 5) is 25.5. The lowest BCUT2D eigenvalue weighted by molar-refractivity contribution is -0.116. The number of aromatic nitrogens is 1. The van der Waals surface area contributed by atoms with Gasteiger partial charge in [-0.15, -0.1) is 0 Å². The van der Waals surface area contributed by atoms with Crippen LogP contribution in [0.4, 0.5) is 11.4 Å². The van der Waals surface area contributed by atoms with Crippen LogP contribution in [0.2, 0.25) is 0 Å². The second-order valence-electron chi connectivity index (χ2n) is 6.95. The van der Waals surface area contributed by atoms with Gasteiger partial charge in [0.2, 0.25) is 15.9 Å². The van der Waals surface area contributed by atoms with E-state index in [0.29, 0.717) is 33.2 Å². The molecule has 8 heteroatoms. The van der Waals surface area contributed by atoms with Crippen molar-refractivity contribution < 1.29 is 13.2 Å². The molecular formula is C22H19N3O4S. The van der Waals surface area contributed by atoms with Gasteiger partial charge >= 0.3 is 0 Å². The van der Waals surface area contributed by atoms with Crippen molar-refractivity contribution in [2.24, 2.45) is 0 Å². The number of amides is 1. The van der Waals surface area contributed by atoms with Crippen LogP contribution in [0.3, 0.4) is 0 Å². The highest BCUT2D eigenvalue weighted by atomic mass is 32.2. The maximum atomic E-state index is 12.8. The van der Waals surface area contributed by atoms with Crippen molar-refractivity contribution in [3.63, 3.8) is 0 Å². The second-order valence-corrected chi connectivity index (χ2v) is 8.70. The minimum Gasteiger partial charge on any atom is -0.331 e. The van der Waals surface area contributed by atoms with E-state index in [1.807, 2.05) is 28.8 Å². The molecule has 30 heavy (non-hydrogen) atoms. The Kier molecular flexibility index (Phi) is 5.01. The number of carbonyl (C=O) groups is 1. The summed E-state index contributed by atoms with van der Waals surface area (Å²) >= 11 is 0. The van der Waals surface area contributed by atoms with E-state index in [1.54, 1.807) is 48.5 Å². The molecule has 0 fully saturated rings. The standard InChI is InChI=1S/C22H19N3O4S/c1-30(28,29)24-16-12-10-15(11-13-16)23-21(26)14-25-19-8-4-2-6-17(19)22(27)18-7-3-5-9-20(18)25/h2-13,24H,14H2,1H3,(H,23,26). The van der Waals surface area contributed by atoms with Gasteiger partial charge in [0.15, 0.2) is 5.43 Å². The van der Waals surface area contributed by atoms with Crippen molar-refractivity contribution >= 4 is 49.1 Å². The molecule has 0 saturated heterocycles. The molecule has 2 N–H and O–H groups in total. The van der Waals surface area contributed by atoms with Crippen LogP contribution in [-0.2, 0) is 21.4 Å². The Labute approximate surface area is 173 Å². The number of carbonyl (C=O) groups excluding carboxylic acids is 1. The molecular weight excluding hydrogens is 402 g/mol. The Balaban J connectivity index is 1.65. The minimum atomic E-state index is -3.37. The van der Waals surface area contributed by atoms with E-state index in [0.717, 1.165) is 6.26 Å². The molecule has 0 saturated carbocycles. The molecule has 3 aromatic carbocycles. The van der Waals surface area contributed by atoms with Crippen molar-refractivity contribution in [3.05, 3.63) is 83.0 Å². The molecule has 1 aromatic heterocycles. The first kappa shape index (κ1) is 19.7. The zero-order valence-corrected chi connectivity index (χ0v) is 16.9. The van der Waals surface area contributed by atoms with Crippen LogP contribution >= 0.6 is 0 Å². The summed E-state index contributed by atoms with van der Waals surface area (Å²) in [6.45, 7) is 0.0185. The third-order valence-electron chi connectivity index (χ3n) is 4.65. The Morgan fingerprint density at radius 2 is 1.33 bits per heavy atom. The number of fused-ring (bicyclic) bond motifs is 2. The molecule has 0 bridgehead atoms. The average molecular weight is 421 g/mol. The van der Waals surface area contributed by atoms with Crippen LogP contribution in [-0.4, -0.2) is 25.1 Å². The van der Waals surface area contributed by atoms with Crippen molar-refractivity contribution in [2.45, 2.75) is 6.54 Å². The molecule has 7 nitrogen and oxygen atoms in total. The van der Waals surface area contributed by atoms with Gasteiger partial charge in [-0.2, -0.15) is 0 Å². The van der Waals surface area contributed by atoms with Gasteiger partial charge in [0.05, 0.1) is 17.3 Å². The van der Waals surface area contributed by atoms with Gasteiger partial charge in [0.25, 0.3) is 0 Å². The predicted molar refractivity (Wildman–Crippen MR) is 119 cm³/mol. The first-order valence-electron chi connectivity index (χ1n) is 9.20. The average Bonchev–Trinajstić information content (AvgIpc) is 2.71. The SMILES string of the molecule is CS(=O)(=O)Nc1ccc(NC(=O)Cn2c3ccccc3c(=O)c3ccccc32)cc1. The van der Waals surface area contributed by atoms with E-state index in [1.165, 1.54) is 0 Å². The van der Waals surface area contributed by atoms with Crippen LogP contribution in [0.25, 0.3) is 21.8 Å². The van der Waals surface area contributed by atoms with Gasteiger partial charge in [-0.25, -0.2) is 8.42 Å². The molecule has 0 aliphatic carbocycles. The van der Waals surface area contributed by atoms with Gasteiger partial charge in [0.1, 0.15) is 6.54 Å². The molecule has 152 valence electrons. The van der Waals surface area contributed by atoms with E-state index < -0.39 is 10.0 Å². The Hall–Kier alpha value is -3.65. The predicted octanol–water partition coefficient (Wildman–Crippen LogP) is 3.16. The summed E-state index contributed by atoms with van der Waals surface area (Å²) in [5, 5.41) is 3.92. The number of hydrogen-bond acceptors (Lipinski definition) is 4. The quantitative estimate of drug-likeness (QED) is 0.484. The number of nitrogens with one attached hydrogen (secondary N) is 2. The van der Waals surface area contributed by atoms with Crippen LogP contribution in [0, 0.1) is 0 Å². The molecule has 0 spiro atoms. The molecule has 0 radical (unpaired) electrons. The number of benzene rings is 3. The van der Waals surface area contributed by atoms with Crippen LogP contribution in [0.15, 0.2) is 77.6 Å². The van der Waals surface area contributed by atoms with Gasteiger partial charge in [0, 0.05) is 22.1 Å². The highest BCUT2D eigenvalue weighted by Gasteiger charge is 2.13. The minimum absolute atomic E-state index is 0.0185. The Morgan fingerprint density at radius 3 is 1.87 bits per heavy atom. The fourth-order valence-corrected chi connectivity index (χ4v) is 3.99. The summed E-state index contributed by atoms with van der Waals surface area (Å²) in [7, 11) is -3.37.